The zero-order valence-corrected chi connectivity index (χ0v) is 18.6. The Kier molecular flexibility index (Phi) is 5.10. The standard InChI is InChI=1S/C22H21ClN4O4S/c23-16-5-6-18-15(9-16)10-19(24-17-12-27(13-17)22(28)29)21(25-18)26-7-8-32(30,31)20-4-2-1-3-14(20)11-26/h1-6,9-10,17,24H,7-8,11-13H2,(H,28,29). The van der Waals surface area contributed by atoms with Crippen LogP contribution in [0.1, 0.15) is 5.56 Å². The monoisotopic (exact) mass is 472 g/mol. The lowest BCUT2D eigenvalue weighted by Crippen LogP contribution is -2.56. The molecule has 8 nitrogen and oxygen atoms in total. The molecule has 2 N–H and O–H groups in total. The molecule has 3 heterocycles. The first kappa shape index (κ1) is 20.8. The van der Waals surface area contributed by atoms with Crippen LogP contribution in [0.15, 0.2) is 53.4 Å². The van der Waals surface area contributed by atoms with E-state index in [0.717, 1.165) is 22.2 Å². The number of sulfone groups is 1. The summed E-state index contributed by atoms with van der Waals surface area (Å²) in [5.74, 6) is 0.625. The largest absolute Gasteiger partial charge is 0.465 e. The average molecular weight is 473 g/mol. The molecule has 32 heavy (non-hydrogen) atoms. The van der Waals surface area contributed by atoms with E-state index in [1.165, 1.54) is 4.90 Å². The fourth-order valence-electron chi connectivity index (χ4n) is 4.17. The van der Waals surface area contributed by atoms with Crippen LogP contribution >= 0.6 is 11.6 Å². The number of rotatable bonds is 3. The van der Waals surface area contributed by atoms with Gasteiger partial charge in [0.15, 0.2) is 15.7 Å². The van der Waals surface area contributed by atoms with Crippen molar-refractivity contribution in [2.75, 3.05) is 35.6 Å². The summed E-state index contributed by atoms with van der Waals surface area (Å²) in [6.07, 6.45) is -0.943. The number of aromatic nitrogens is 1. The normalized spacial score (nSPS) is 18.0. The number of halogens is 1. The highest BCUT2D eigenvalue weighted by molar-refractivity contribution is 7.91. The molecule has 2 aliphatic heterocycles. The maximum Gasteiger partial charge on any atom is 0.407 e. The van der Waals surface area contributed by atoms with Crippen LogP contribution in [0.25, 0.3) is 10.9 Å². The maximum absolute atomic E-state index is 12.8. The van der Waals surface area contributed by atoms with E-state index >= 15 is 0 Å². The van der Waals surface area contributed by atoms with Gasteiger partial charge in [-0.15, -0.1) is 0 Å². The van der Waals surface area contributed by atoms with Gasteiger partial charge in [-0.1, -0.05) is 29.8 Å². The Balaban J connectivity index is 1.55. The number of likely N-dealkylation sites (tertiary alicyclic amines) is 1. The lowest BCUT2D eigenvalue weighted by molar-refractivity contribution is 0.111. The second-order valence-corrected chi connectivity index (χ2v) is 10.6. The van der Waals surface area contributed by atoms with Gasteiger partial charge in [0.05, 0.1) is 27.9 Å². The van der Waals surface area contributed by atoms with Crippen molar-refractivity contribution in [2.45, 2.75) is 17.5 Å². The van der Waals surface area contributed by atoms with Gasteiger partial charge in [-0.2, -0.15) is 0 Å². The third kappa shape index (κ3) is 3.82. The number of carboxylic acid groups (broad SMARTS) is 1. The number of nitrogens with zero attached hydrogens (tertiary/aromatic N) is 3. The minimum Gasteiger partial charge on any atom is -0.465 e. The van der Waals surface area contributed by atoms with Gasteiger partial charge < -0.3 is 20.2 Å². The van der Waals surface area contributed by atoms with Crippen LogP contribution in [-0.2, 0) is 16.4 Å². The van der Waals surface area contributed by atoms with E-state index in [-0.39, 0.29) is 11.8 Å². The third-order valence-electron chi connectivity index (χ3n) is 5.87. The molecular weight excluding hydrogens is 452 g/mol. The van der Waals surface area contributed by atoms with Crippen molar-refractivity contribution in [3.8, 4) is 0 Å². The molecule has 5 rings (SSSR count). The Morgan fingerprint density at radius 2 is 1.94 bits per heavy atom. The van der Waals surface area contributed by atoms with Crippen molar-refractivity contribution in [1.29, 1.82) is 0 Å². The molecule has 3 aromatic rings. The average Bonchev–Trinajstić information content (AvgIpc) is 2.85. The van der Waals surface area contributed by atoms with Gasteiger partial charge in [0.2, 0.25) is 0 Å². The zero-order chi connectivity index (χ0) is 22.5. The topological polar surface area (TPSA) is 103 Å². The van der Waals surface area contributed by atoms with Gasteiger partial charge in [-0.3, -0.25) is 0 Å². The molecule has 1 fully saturated rings. The van der Waals surface area contributed by atoms with Gasteiger partial charge in [0.25, 0.3) is 0 Å². The van der Waals surface area contributed by atoms with E-state index in [9.17, 15) is 13.2 Å². The number of hydrogen-bond donors (Lipinski definition) is 2. The van der Waals surface area contributed by atoms with Gasteiger partial charge in [-0.05, 0) is 35.9 Å². The number of nitrogens with one attached hydrogen (secondary N) is 1. The van der Waals surface area contributed by atoms with Gasteiger partial charge in [0, 0.05) is 36.6 Å². The van der Waals surface area contributed by atoms with E-state index in [2.05, 4.69) is 5.32 Å². The number of fused-ring (bicyclic) bond motifs is 2. The number of amides is 1. The van der Waals surface area contributed by atoms with E-state index in [0.29, 0.717) is 41.9 Å². The van der Waals surface area contributed by atoms with Gasteiger partial charge in [0.1, 0.15) is 0 Å². The van der Waals surface area contributed by atoms with Gasteiger partial charge in [-0.25, -0.2) is 18.2 Å². The first-order valence-corrected chi connectivity index (χ1v) is 12.2. The molecule has 10 heteroatoms. The van der Waals surface area contributed by atoms with Crippen molar-refractivity contribution < 1.29 is 18.3 Å². The number of hydrogen-bond acceptors (Lipinski definition) is 6. The number of pyridine rings is 1. The maximum atomic E-state index is 12.8. The SMILES string of the molecule is O=C(O)N1CC(Nc2cc3cc(Cl)ccc3nc2N2CCS(=O)(=O)c3ccccc3C2)C1. The molecule has 1 aromatic heterocycles. The fraction of sp³-hybridized carbons (Fsp3) is 0.273. The van der Waals surface area contributed by atoms with Crippen LogP contribution in [0.3, 0.4) is 0 Å². The predicted octanol–water partition coefficient (Wildman–Crippen LogP) is 3.46. The number of benzene rings is 2. The Morgan fingerprint density at radius 3 is 2.72 bits per heavy atom. The van der Waals surface area contributed by atoms with Crippen molar-refractivity contribution in [3.05, 3.63) is 59.1 Å². The molecule has 0 aliphatic carbocycles. The minimum absolute atomic E-state index is 0.0139. The summed E-state index contributed by atoms with van der Waals surface area (Å²) in [6.45, 7) is 1.45. The van der Waals surface area contributed by atoms with Crippen LogP contribution in [-0.4, -0.2) is 60.9 Å². The summed E-state index contributed by atoms with van der Waals surface area (Å²) < 4.78 is 25.6. The summed E-state index contributed by atoms with van der Waals surface area (Å²) in [5, 5.41) is 14.0. The van der Waals surface area contributed by atoms with E-state index in [1.54, 1.807) is 18.2 Å². The molecule has 0 unspecified atom stereocenters. The quantitative estimate of drug-likeness (QED) is 0.601. The van der Waals surface area contributed by atoms with Crippen molar-refractivity contribution in [3.63, 3.8) is 0 Å². The second-order valence-electron chi connectivity index (χ2n) is 8.07. The minimum atomic E-state index is -3.39. The van der Waals surface area contributed by atoms with Crippen LogP contribution in [0.2, 0.25) is 5.02 Å². The first-order valence-electron chi connectivity index (χ1n) is 10.2. The molecule has 0 atom stereocenters. The van der Waals surface area contributed by atoms with Crippen molar-refractivity contribution in [1.82, 2.24) is 9.88 Å². The Morgan fingerprint density at radius 1 is 1.16 bits per heavy atom. The fourth-order valence-corrected chi connectivity index (χ4v) is 5.85. The summed E-state index contributed by atoms with van der Waals surface area (Å²) in [5.41, 5.74) is 2.21. The molecule has 0 radical (unpaired) electrons. The first-order chi connectivity index (χ1) is 15.3. The summed E-state index contributed by atoms with van der Waals surface area (Å²) in [7, 11) is -3.39. The summed E-state index contributed by atoms with van der Waals surface area (Å²) >= 11 is 6.17. The summed E-state index contributed by atoms with van der Waals surface area (Å²) in [6, 6.07) is 14.4. The number of anilines is 2. The number of carbonyl (C=O) groups is 1. The van der Waals surface area contributed by atoms with E-state index in [1.807, 2.05) is 35.2 Å². The molecule has 0 bridgehead atoms. The molecule has 2 aromatic carbocycles. The van der Waals surface area contributed by atoms with Crippen LogP contribution in [0.4, 0.5) is 16.3 Å². The smallest absolute Gasteiger partial charge is 0.407 e. The molecule has 1 saturated heterocycles. The highest BCUT2D eigenvalue weighted by Gasteiger charge is 2.32. The lowest BCUT2D eigenvalue weighted by Gasteiger charge is -2.38. The molecule has 0 saturated carbocycles. The Labute approximate surface area is 190 Å². The second kappa shape index (κ2) is 7.83. The molecule has 166 valence electrons. The molecule has 1 amide bonds. The van der Waals surface area contributed by atoms with E-state index in [4.69, 9.17) is 21.7 Å². The molecule has 2 aliphatic rings. The Hall–Kier alpha value is -3.04. The Bertz CT molecular complexity index is 1320. The third-order valence-corrected chi connectivity index (χ3v) is 7.89. The lowest BCUT2D eigenvalue weighted by atomic mass is 10.1. The van der Waals surface area contributed by atoms with Crippen LogP contribution in [0, 0.1) is 0 Å². The zero-order valence-electron chi connectivity index (χ0n) is 17.0. The molecular formula is C22H21ClN4O4S. The molecule has 0 spiro atoms. The van der Waals surface area contributed by atoms with Crippen molar-refractivity contribution >= 4 is 49.9 Å². The highest BCUT2D eigenvalue weighted by atomic mass is 35.5. The van der Waals surface area contributed by atoms with E-state index < -0.39 is 15.9 Å². The van der Waals surface area contributed by atoms with Crippen LogP contribution in [0.5, 0.6) is 0 Å². The van der Waals surface area contributed by atoms with Gasteiger partial charge >= 0.3 is 6.09 Å². The summed E-state index contributed by atoms with van der Waals surface area (Å²) in [4.78, 5) is 19.6. The van der Waals surface area contributed by atoms with Crippen molar-refractivity contribution in [2.24, 2.45) is 0 Å². The highest BCUT2D eigenvalue weighted by Crippen LogP contribution is 2.34. The van der Waals surface area contributed by atoms with Crippen LogP contribution < -0.4 is 10.2 Å². The predicted molar refractivity (Wildman–Crippen MR) is 123 cm³/mol.